The first-order valence-electron chi connectivity index (χ1n) is 6.40. The summed E-state index contributed by atoms with van der Waals surface area (Å²) in [6.45, 7) is 6.79. The van der Waals surface area contributed by atoms with Gasteiger partial charge in [0, 0.05) is 30.1 Å². The van der Waals surface area contributed by atoms with E-state index >= 15 is 0 Å². The van der Waals surface area contributed by atoms with E-state index < -0.39 is 0 Å². The third kappa shape index (κ3) is 4.05. The monoisotopic (exact) mass is 312 g/mol. The highest BCUT2D eigenvalue weighted by molar-refractivity contribution is 9.10. The largest absolute Gasteiger partial charge is 0.378 e. The van der Waals surface area contributed by atoms with Crippen molar-refractivity contribution in [2.24, 2.45) is 0 Å². The number of hydrogen-bond acceptors (Lipinski definition) is 3. The van der Waals surface area contributed by atoms with Crippen LogP contribution in [0.1, 0.15) is 11.1 Å². The summed E-state index contributed by atoms with van der Waals surface area (Å²) < 4.78 is 6.63. The molecule has 0 bridgehead atoms. The van der Waals surface area contributed by atoms with Crippen LogP contribution in [0.25, 0.3) is 0 Å². The predicted molar refractivity (Wildman–Crippen MR) is 77.8 cm³/mol. The third-order valence-electron chi connectivity index (χ3n) is 3.28. The molecule has 0 amide bonds. The van der Waals surface area contributed by atoms with Gasteiger partial charge in [0.25, 0.3) is 0 Å². The molecule has 3 nitrogen and oxygen atoms in total. The van der Waals surface area contributed by atoms with Gasteiger partial charge >= 0.3 is 0 Å². The van der Waals surface area contributed by atoms with Crippen LogP contribution >= 0.6 is 15.9 Å². The second-order valence-corrected chi connectivity index (χ2v) is 5.91. The highest BCUT2D eigenvalue weighted by atomic mass is 79.9. The summed E-state index contributed by atoms with van der Waals surface area (Å²) in [5.41, 5.74) is 2.72. The number of rotatable bonds is 4. The highest BCUT2D eigenvalue weighted by Gasteiger charge is 2.15. The van der Waals surface area contributed by atoms with Crippen LogP contribution in [0.4, 0.5) is 0 Å². The molecule has 1 aromatic carbocycles. The predicted octanol–water partition coefficient (Wildman–Crippen LogP) is 2.18. The van der Waals surface area contributed by atoms with E-state index in [9.17, 15) is 0 Å². The summed E-state index contributed by atoms with van der Waals surface area (Å²) in [7, 11) is 2.16. The lowest BCUT2D eigenvalue weighted by Gasteiger charge is -2.28. The first-order chi connectivity index (χ1) is 8.65. The molecule has 0 aliphatic carbocycles. The van der Waals surface area contributed by atoms with Gasteiger partial charge in [0.1, 0.15) is 0 Å². The van der Waals surface area contributed by atoms with E-state index in [1.807, 2.05) is 0 Å². The van der Waals surface area contributed by atoms with E-state index in [1.54, 1.807) is 0 Å². The summed E-state index contributed by atoms with van der Waals surface area (Å²) in [6.07, 6.45) is 0. The lowest BCUT2D eigenvalue weighted by Crippen LogP contribution is -2.47. The number of nitrogens with zero attached hydrogens (tertiary/aromatic N) is 1. The standard InChI is InChI=1S/C14H21BrN2O/c1-11-3-4-13(15)7-12(11)8-17(2)9-14-10-18-6-5-16-14/h3-4,7,14,16H,5-6,8-10H2,1-2H3. The van der Waals surface area contributed by atoms with Gasteiger partial charge in [0.2, 0.25) is 0 Å². The third-order valence-corrected chi connectivity index (χ3v) is 3.78. The molecule has 1 aliphatic heterocycles. The van der Waals surface area contributed by atoms with Crippen molar-refractivity contribution in [3.63, 3.8) is 0 Å². The summed E-state index contributed by atoms with van der Waals surface area (Å²) >= 11 is 3.53. The van der Waals surface area contributed by atoms with E-state index in [0.29, 0.717) is 6.04 Å². The Balaban J connectivity index is 1.89. The second kappa shape index (κ2) is 6.66. The molecular weight excluding hydrogens is 292 g/mol. The van der Waals surface area contributed by atoms with Gasteiger partial charge < -0.3 is 15.0 Å². The maximum atomic E-state index is 5.48. The van der Waals surface area contributed by atoms with Crippen LogP contribution in [-0.4, -0.2) is 44.3 Å². The minimum atomic E-state index is 0.455. The van der Waals surface area contributed by atoms with E-state index in [0.717, 1.165) is 37.3 Å². The molecule has 1 fully saturated rings. The van der Waals surface area contributed by atoms with E-state index in [-0.39, 0.29) is 0 Å². The molecule has 0 aromatic heterocycles. The molecule has 0 spiro atoms. The molecule has 1 aliphatic rings. The molecule has 0 saturated carbocycles. The van der Waals surface area contributed by atoms with Crippen LogP contribution in [0.2, 0.25) is 0 Å². The maximum absolute atomic E-state index is 5.48. The Hall–Kier alpha value is -0.420. The average Bonchev–Trinajstić information content (AvgIpc) is 2.35. The fraction of sp³-hybridized carbons (Fsp3) is 0.571. The molecule has 100 valence electrons. The molecule has 1 atom stereocenters. The van der Waals surface area contributed by atoms with Gasteiger partial charge in [0.05, 0.1) is 13.2 Å². The van der Waals surface area contributed by atoms with Gasteiger partial charge in [-0.25, -0.2) is 0 Å². The molecule has 4 heteroatoms. The summed E-state index contributed by atoms with van der Waals surface area (Å²) in [5, 5.41) is 3.49. The van der Waals surface area contributed by atoms with Gasteiger partial charge in [-0.3, -0.25) is 0 Å². The minimum Gasteiger partial charge on any atom is -0.378 e. The van der Waals surface area contributed by atoms with Gasteiger partial charge in [-0.1, -0.05) is 22.0 Å². The van der Waals surface area contributed by atoms with Crippen molar-refractivity contribution < 1.29 is 4.74 Å². The van der Waals surface area contributed by atoms with Crippen molar-refractivity contribution in [1.29, 1.82) is 0 Å². The molecule has 0 radical (unpaired) electrons. The number of halogens is 1. The fourth-order valence-corrected chi connectivity index (χ4v) is 2.69. The average molecular weight is 313 g/mol. The Labute approximate surface area is 118 Å². The first kappa shape index (κ1) is 14.0. The van der Waals surface area contributed by atoms with Crippen molar-refractivity contribution in [3.05, 3.63) is 33.8 Å². The van der Waals surface area contributed by atoms with Gasteiger partial charge in [0.15, 0.2) is 0 Å². The lowest BCUT2D eigenvalue weighted by molar-refractivity contribution is 0.0645. The van der Waals surface area contributed by atoms with Crippen LogP contribution in [0.5, 0.6) is 0 Å². The topological polar surface area (TPSA) is 24.5 Å². The Morgan fingerprint density at radius 3 is 3.06 bits per heavy atom. The Kier molecular flexibility index (Phi) is 5.18. The van der Waals surface area contributed by atoms with Crippen molar-refractivity contribution in [2.45, 2.75) is 19.5 Å². The highest BCUT2D eigenvalue weighted by Crippen LogP contribution is 2.17. The van der Waals surface area contributed by atoms with Crippen LogP contribution in [-0.2, 0) is 11.3 Å². The number of hydrogen-bond donors (Lipinski definition) is 1. The number of nitrogens with one attached hydrogen (secondary N) is 1. The maximum Gasteiger partial charge on any atom is 0.0632 e. The van der Waals surface area contributed by atoms with E-state index in [4.69, 9.17) is 4.74 Å². The first-order valence-corrected chi connectivity index (χ1v) is 7.19. The molecular formula is C14H21BrN2O. The zero-order chi connectivity index (χ0) is 13.0. The van der Waals surface area contributed by atoms with Crippen molar-refractivity contribution >= 4 is 15.9 Å². The zero-order valence-electron chi connectivity index (χ0n) is 11.1. The van der Waals surface area contributed by atoms with Crippen molar-refractivity contribution in [2.75, 3.05) is 33.4 Å². The van der Waals surface area contributed by atoms with Crippen LogP contribution in [0, 0.1) is 6.92 Å². The van der Waals surface area contributed by atoms with Gasteiger partial charge in [-0.15, -0.1) is 0 Å². The Bertz CT molecular complexity index is 391. The van der Waals surface area contributed by atoms with Crippen molar-refractivity contribution in [1.82, 2.24) is 10.2 Å². The fourth-order valence-electron chi connectivity index (χ4n) is 2.28. The molecule has 1 aromatic rings. The smallest absolute Gasteiger partial charge is 0.0632 e. The number of ether oxygens (including phenoxy) is 1. The normalized spacial score (nSPS) is 20.3. The SMILES string of the molecule is Cc1ccc(Br)cc1CN(C)CC1COCCN1. The van der Waals surface area contributed by atoms with Crippen LogP contribution in [0.3, 0.4) is 0 Å². The van der Waals surface area contributed by atoms with E-state index in [1.165, 1.54) is 11.1 Å². The summed E-state index contributed by atoms with van der Waals surface area (Å²) in [6, 6.07) is 6.91. The van der Waals surface area contributed by atoms with Crippen LogP contribution < -0.4 is 5.32 Å². The zero-order valence-corrected chi connectivity index (χ0v) is 12.7. The molecule has 1 N–H and O–H groups in total. The molecule has 2 rings (SSSR count). The van der Waals surface area contributed by atoms with Gasteiger partial charge in [-0.2, -0.15) is 0 Å². The number of benzene rings is 1. The number of likely N-dealkylation sites (N-methyl/N-ethyl adjacent to an activating group) is 1. The summed E-state index contributed by atoms with van der Waals surface area (Å²) in [5.74, 6) is 0. The lowest BCUT2D eigenvalue weighted by atomic mass is 10.1. The quantitative estimate of drug-likeness (QED) is 0.922. The summed E-state index contributed by atoms with van der Waals surface area (Å²) in [4.78, 5) is 2.35. The molecule has 1 unspecified atom stereocenters. The van der Waals surface area contributed by atoms with Crippen molar-refractivity contribution in [3.8, 4) is 0 Å². The number of aryl methyl sites for hydroxylation is 1. The Morgan fingerprint density at radius 2 is 2.33 bits per heavy atom. The Morgan fingerprint density at radius 1 is 1.50 bits per heavy atom. The number of morpholine rings is 1. The molecule has 1 heterocycles. The van der Waals surface area contributed by atoms with Crippen LogP contribution in [0.15, 0.2) is 22.7 Å². The van der Waals surface area contributed by atoms with Gasteiger partial charge in [-0.05, 0) is 37.2 Å². The second-order valence-electron chi connectivity index (χ2n) is 4.99. The van der Waals surface area contributed by atoms with E-state index in [2.05, 4.69) is 58.3 Å². The molecule has 18 heavy (non-hydrogen) atoms. The molecule has 1 saturated heterocycles. The minimum absolute atomic E-state index is 0.455.